The van der Waals surface area contributed by atoms with Gasteiger partial charge in [0.25, 0.3) is 0 Å². The van der Waals surface area contributed by atoms with Gasteiger partial charge in [-0.05, 0) is 23.6 Å². The number of halogens is 1. The first-order chi connectivity index (χ1) is 6.77. The summed E-state index contributed by atoms with van der Waals surface area (Å²) in [5.74, 6) is 0. The molecule has 2 nitrogen and oxygen atoms in total. The Morgan fingerprint density at radius 3 is 2.93 bits per heavy atom. The third kappa shape index (κ3) is 2.97. The van der Waals surface area contributed by atoms with Crippen molar-refractivity contribution >= 4 is 22.2 Å². The van der Waals surface area contributed by atoms with Gasteiger partial charge in [-0.15, -0.1) is 0 Å². The quantitative estimate of drug-likeness (QED) is 0.773. The second-order valence-corrected chi connectivity index (χ2v) is 3.82. The van der Waals surface area contributed by atoms with Crippen molar-refractivity contribution in [2.45, 2.75) is 19.3 Å². The molecule has 0 heterocycles. The largest absolute Gasteiger partial charge is 0.303 e. The molecule has 0 fully saturated rings. The average Bonchev–Trinajstić information content (AvgIpc) is 2.19. The van der Waals surface area contributed by atoms with Gasteiger partial charge in [-0.1, -0.05) is 28.1 Å². The molecule has 1 aromatic carbocycles. The Hall–Kier alpha value is -1.14. The summed E-state index contributed by atoms with van der Waals surface area (Å²) in [6.45, 7) is 0. The molecule has 1 rings (SSSR count). The summed E-state index contributed by atoms with van der Waals surface area (Å²) in [6.07, 6.45) is 2.57. The number of rotatable bonds is 4. The minimum absolute atomic E-state index is 0.418. The van der Waals surface area contributed by atoms with Crippen LogP contribution in [-0.4, -0.2) is 6.29 Å². The van der Waals surface area contributed by atoms with E-state index in [1.807, 2.05) is 18.2 Å². The Balaban J connectivity index is 2.85. The highest BCUT2D eigenvalue weighted by atomic mass is 79.9. The normalized spacial score (nSPS) is 9.43. The minimum Gasteiger partial charge on any atom is -0.303 e. The number of hydrogen-bond acceptors (Lipinski definition) is 2. The number of aryl methyl sites for hydroxylation is 1. The Morgan fingerprint density at radius 1 is 1.50 bits per heavy atom. The number of carbonyl (C=O) groups is 1. The third-order valence-electron chi connectivity index (χ3n) is 1.92. The Labute approximate surface area is 91.7 Å². The van der Waals surface area contributed by atoms with Gasteiger partial charge in [0, 0.05) is 10.9 Å². The molecule has 0 radical (unpaired) electrons. The van der Waals surface area contributed by atoms with Crippen LogP contribution in [0.25, 0.3) is 0 Å². The van der Waals surface area contributed by atoms with Crippen molar-refractivity contribution in [3.63, 3.8) is 0 Å². The zero-order chi connectivity index (χ0) is 10.4. The molecule has 0 spiro atoms. The van der Waals surface area contributed by atoms with Crippen LogP contribution >= 0.6 is 15.9 Å². The van der Waals surface area contributed by atoms with E-state index in [9.17, 15) is 4.79 Å². The Kier molecular flexibility index (Phi) is 4.34. The lowest BCUT2D eigenvalue weighted by atomic mass is 10.1. The zero-order valence-electron chi connectivity index (χ0n) is 7.66. The second kappa shape index (κ2) is 5.56. The first-order valence-electron chi connectivity index (χ1n) is 4.36. The fraction of sp³-hybridized carbons (Fsp3) is 0.273. The van der Waals surface area contributed by atoms with Crippen LogP contribution in [-0.2, 0) is 17.6 Å². The predicted molar refractivity (Wildman–Crippen MR) is 57.8 cm³/mol. The number of carbonyl (C=O) groups excluding carboxylic acids is 1. The Bertz CT molecular complexity index is 368. The van der Waals surface area contributed by atoms with Gasteiger partial charge in [-0.2, -0.15) is 5.26 Å². The van der Waals surface area contributed by atoms with Crippen LogP contribution < -0.4 is 0 Å². The molecule has 0 saturated carbocycles. The van der Waals surface area contributed by atoms with Gasteiger partial charge < -0.3 is 4.79 Å². The molecule has 0 aromatic heterocycles. The molecule has 1 aromatic rings. The van der Waals surface area contributed by atoms with Crippen LogP contribution in [0.15, 0.2) is 22.7 Å². The lowest BCUT2D eigenvalue weighted by Gasteiger charge is -2.03. The molecular weight excluding hydrogens is 242 g/mol. The highest BCUT2D eigenvalue weighted by Gasteiger charge is 2.01. The fourth-order valence-corrected chi connectivity index (χ4v) is 1.68. The number of nitrogens with zero attached hydrogens (tertiary/aromatic N) is 1. The molecule has 14 heavy (non-hydrogen) atoms. The van der Waals surface area contributed by atoms with Gasteiger partial charge in [0.15, 0.2) is 0 Å². The van der Waals surface area contributed by atoms with Crippen molar-refractivity contribution in [3.05, 3.63) is 33.8 Å². The van der Waals surface area contributed by atoms with E-state index >= 15 is 0 Å². The smallest absolute Gasteiger partial charge is 0.120 e. The second-order valence-electron chi connectivity index (χ2n) is 2.97. The van der Waals surface area contributed by atoms with Crippen LogP contribution in [0, 0.1) is 11.3 Å². The lowest BCUT2D eigenvalue weighted by Crippen LogP contribution is -1.91. The van der Waals surface area contributed by atoms with E-state index in [0.717, 1.165) is 28.3 Å². The summed E-state index contributed by atoms with van der Waals surface area (Å²) in [4.78, 5) is 10.2. The van der Waals surface area contributed by atoms with E-state index in [2.05, 4.69) is 22.0 Å². The van der Waals surface area contributed by atoms with Crippen LogP contribution in [0.3, 0.4) is 0 Å². The van der Waals surface area contributed by atoms with Gasteiger partial charge in [0.1, 0.15) is 6.29 Å². The van der Waals surface area contributed by atoms with Crippen LogP contribution in [0.1, 0.15) is 17.5 Å². The summed E-state index contributed by atoms with van der Waals surface area (Å²) in [7, 11) is 0. The van der Waals surface area contributed by atoms with Crippen molar-refractivity contribution in [1.29, 1.82) is 5.26 Å². The highest BCUT2D eigenvalue weighted by molar-refractivity contribution is 9.10. The van der Waals surface area contributed by atoms with Crippen molar-refractivity contribution in [2.24, 2.45) is 0 Å². The van der Waals surface area contributed by atoms with Gasteiger partial charge in [-0.25, -0.2) is 0 Å². The summed E-state index contributed by atoms with van der Waals surface area (Å²) in [6, 6.07) is 7.91. The molecule has 0 aliphatic carbocycles. The maximum absolute atomic E-state index is 10.2. The van der Waals surface area contributed by atoms with E-state index in [-0.39, 0.29) is 0 Å². The summed E-state index contributed by atoms with van der Waals surface area (Å²) < 4.78 is 1.00. The molecule has 0 N–H and O–H groups in total. The molecule has 0 bridgehead atoms. The predicted octanol–water partition coefficient (Wildman–Crippen LogP) is 2.65. The van der Waals surface area contributed by atoms with E-state index in [4.69, 9.17) is 5.26 Å². The maximum Gasteiger partial charge on any atom is 0.120 e. The SMILES string of the molecule is N#CCc1ccc(Br)c(CCC=O)c1. The van der Waals surface area contributed by atoms with E-state index in [1.165, 1.54) is 0 Å². The van der Waals surface area contributed by atoms with Crippen molar-refractivity contribution in [3.8, 4) is 6.07 Å². The summed E-state index contributed by atoms with van der Waals surface area (Å²) in [5, 5.41) is 8.54. The molecule has 0 atom stereocenters. The summed E-state index contributed by atoms with van der Waals surface area (Å²) in [5.41, 5.74) is 2.08. The molecule has 0 unspecified atom stereocenters. The monoisotopic (exact) mass is 251 g/mol. The fourth-order valence-electron chi connectivity index (χ4n) is 1.24. The van der Waals surface area contributed by atoms with Gasteiger partial charge >= 0.3 is 0 Å². The molecule has 72 valence electrons. The summed E-state index contributed by atoms with van der Waals surface area (Å²) >= 11 is 3.41. The molecular formula is C11H10BrNO. The van der Waals surface area contributed by atoms with Crippen LogP contribution in [0.5, 0.6) is 0 Å². The molecule has 0 aliphatic heterocycles. The number of hydrogen-bond donors (Lipinski definition) is 0. The number of nitriles is 1. The minimum atomic E-state index is 0.418. The van der Waals surface area contributed by atoms with Crippen molar-refractivity contribution in [2.75, 3.05) is 0 Å². The molecule has 0 saturated heterocycles. The number of aldehydes is 1. The van der Waals surface area contributed by atoms with Crippen molar-refractivity contribution < 1.29 is 4.79 Å². The van der Waals surface area contributed by atoms with Gasteiger partial charge in [0.2, 0.25) is 0 Å². The first kappa shape index (κ1) is 10.9. The average molecular weight is 252 g/mol. The number of benzene rings is 1. The topological polar surface area (TPSA) is 40.9 Å². The molecule has 0 amide bonds. The van der Waals surface area contributed by atoms with E-state index < -0.39 is 0 Å². The van der Waals surface area contributed by atoms with Crippen LogP contribution in [0.4, 0.5) is 0 Å². The molecule has 3 heteroatoms. The first-order valence-corrected chi connectivity index (χ1v) is 5.15. The standard InChI is InChI=1S/C11H10BrNO/c12-11-4-3-9(5-6-13)8-10(11)2-1-7-14/h3-4,7-8H,1-2,5H2. The lowest BCUT2D eigenvalue weighted by molar-refractivity contribution is -0.107. The highest BCUT2D eigenvalue weighted by Crippen LogP contribution is 2.19. The van der Waals surface area contributed by atoms with Crippen molar-refractivity contribution in [1.82, 2.24) is 0 Å². The molecule has 0 aliphatic rings. The van der Waals surface area contributed by atoms with Gasteiger partial charge in [-0.3, -0.25) is 0 Å². The van der Waals surface area contributed by atoms with Gasteiger partial charge in [0.05, 0.1) is 12.5 Å². The van der Waals surface area contributed by atoms with E-state index in [1.54, 1.807) is 0 Å². The van der Waals surface area contributed by atoms with E-state index in [0.29, 0.717) is 12.8 Å². The zero-order valence-corrected chi connectivity index (χ0v) is 9.25. The maximum atomic E-state index is 10.2. The Morgan fingerprint density at radius 2 is 2.29 bits per heavy atom. The van der Waals surface area contributed by atoms with Crippen LogP contribution in [0.2, 0.25) is 0 Å². The third-order valence-corrected chi connectivity index (χ3v) is 2.70.